The number of ether oxygens (including phenoxy) is 3. The summed E-state index contributed by atoms with van der Waals surface area (Å²) >= 11 is 0. The lowest BCUT2D eigenvalue weighted by molar-refractivity contribution is 0.0254. The first-order valence-corrected chi connectivity index (χ1v) is 9.41. The van der Waals surface area contributed by atoms with Crippen molar-refractivity contribution in [2.24, 2.45) is 4.99 Å². The zero-order chi connectivity index (χ0) is 21.2. The van der Waals surface area contributed by atoms with Crippen molar-refractivity contribution in [2.45, 2.75) is 39.7 Å². The van der Waals surface area contributed by atoms with Gasteiger partial charge in [0.15, 0.2) is 17.5 Å². The fourth-order valence-corrected chi connectivity index (χ4v) is 2.43. The third kappa shape index (κ3) is 7.94. The van der Waals surface area contributed by atoms with Gasteiger partial charge in [-0.1, -0.05) is 6.92 Å². The van der Waals surface area contributed by atoms with E-state index in [1.165, 1.54) is 0 Å². The molecule has 28 heavy (non-hydrogen) atoms. The number of rotatable bonds is 8. The number of anilines is 1. The van der Waals surface area contributed by atoms with Crippen LogP contribution >= 0.6 is 0 Å². The molecule has 0 aliphatic carbocycles. The molecule has 8 heteroatoms. The molecular weight excluding hydrogens is 360 g/mol. The van der Waals surface area contributed by atoms with E-state index in [9.17, 15) is 4.79 Å². The second-order valence-corrected chi connectivity index (χ2v) is 7.16. The van der Waals surface area contributed by atoms with Crippen molar-refractivity contribution in [1.29, 1.82) is 0 Å². The third-order valence-corrected chi connectivity index (χ3v) is 3.69. The molecule has 0 unspecified atom stereocenters. The average Bonchev–Trinajstić information content (AvgIpc) is 2.64. The molecule has 2 N–H and O–H groups in total. The van der Waals surface area contributed by atoms with Gasteiger partial charge in [0.25, 0.3) is 0 Å². The molecule has 158 valence electrons. The molecule has 0 radical (unpaired) electrons. The number of carbonyl (C=O) groups excluding carboxylic acids is 1. The molecule has 0 heterocycles. The van der Waals surface area contributed by atoms with Gasteiger partial charge in [-0.15, -0.1) is 0 Å². The minimum Gasteiger partial charge on any atom is -0.493 e. The van der Waals surface area contributed by atoms with Gasteiger partial charge in [-0.05, 0) is 39.3 Å². The summed E-state index contributed by atoms with van der Waals surface area (Å²) in [6.45, 7) is 9.30. The first-order chi connectivity index (χ1) is 13.2. The van der Waals surface area contributed by atoms with Crippen LogP contribution in [0.25, 0.3) is 0 Å². The van der Waals surface area contributed by atoms with Crippen molar-refractivity contribution in [3.05, 3.63) is 18.2 Å². The van der Waals surface area contributed by atoms with Crippen LogP contribution in [0.3, 0.4) is 0 Å². The van der Waals surface area contributed by atoms with E-state index >= 15 is 0 Å². The number of methoxy groups -OCH3 is 2. The van der Waals surface area contributed by atoms with Crippen LogP contribution in [-0.2, 0) is 4.74 Å². The summed E-state index contributed by atoms with van der Waals surface area (Å²) < 4.78 is 16.0. The molecule has 0 atom stereocenters. The van der Waals surface area contributed by atoms with E-state index in [0.717, 1.165) is 12.1 Å². The van der Waals surface area contributed by atoms with Gasteiger partial charge in [-0.3, -0.25) is 4.99 Å². The summed E-state index contributed by atoms with van der Waals surface area (Å²) in [5.74, 6) is 1.87. The quantitative estimate of drug-likeness (QED) is 0.520. The first kappa shape index (κ1) is 23.4. The predicted octanol–water partition coefficient (Wildman–Crippen LogP) is 3.34. The Hall–Kier alpha value is -2.64. The fraction of sp³-hybridized carbons (Fsp3) is 0.600. The zero-order valence-corrected chi connectivity index (χ0v) is 18.1. The Morgan fingerprint density at radius 2 is 1.82 bits per heavy atom. The molecule has 1 amide bonds. The van der Waals surface area contributed by atoms with Crippen molar-refractivity contribution in [1.82, 2.24) is 10.2 Å². The normalized spacial score (nSPS) is 11.6. The standard InChI is InChI=1S/C20H34N4O4/c1-8-12-24(19(25)28-20(2,3)4)13-11-22-18(21-5)23-15-9-10-16(26-6)17(14-15)27-7/h9-10,14H,8,11-13H2,1-7H3,(H2,21,22,23). The minimum atomic E-state index is -0.512. The van der Waals surface area contributed by atoms with Crippen LogP contribution in [0.4, 0.5) is 10.5 Å². The smallest absolute Gasteiger partial charge is 0.410 e. The summed E-state index contributed by atoms with van der Waals surface area (Å²) in [4.78, 5) is 18.2. The summed E-state index contributed by atoms with van der Waals surface area (Å²) in [6, 6.07) is 5.52. The second kappa shape index (κ2) is 11.3. The molecule has 0 bridgehead atoms. The van der Waals surface area contributed by atoms with Gasteiger partial charge in [-0.25, -0.2) is 4.79 Å². The van der Waals surface area contributed by atoms with E-state index < -0.39 is 5.60 Å². The lowest BCUT2D eigenvalue weighted by Crippen LogP contribution is -2.43. The fourth-order valence-electron chi connectivity index (χ4n) is 2.43. The number of aliphatic imine (C=N–C) groups is 1. The van der Waals surface area contributed by atoms with Crippen LogP contribution in [-0.4, -0.2) is 63.5 Å². The van der Waals surface area contributed by atoms with Gasteiger partial charge >= 0.3 is 6.09 Å². The molecule has 1 aromatic carbocycles. The number of nitrogens with zero attached hydrogens (tertiary/aromatic N) is 2. The molecule has 0 saturated carbocycles. The molecule has 8 nitrogen and oxygen atoms in total. The SMILES string of the molecule is CCCN(CCNC(=NC)Nc1ccc(OC)c(OC)c1)C(=O)OC(C)(C)C. The largest absolute Gasteiger partial charge is 0.493 e. The molecule has 0 fully saturated rings. The zero-order valence-electron chi connectivity index (χ0n) is 18.1. The third-order valence-electron chi connectivity index (χ3n) is 3.69. The summed E-state index contributed by atoms with van der Waals surface area (Å²) in [7, 11) is 4.87. The van der Waals surface area contributed by atoms with Crippen molar-refractivity contribution in [3.63, 3.8) is 0 Å². The average molecular weight is 395 g/mol. The van der Waals surface area contributed by atoms with Crippen LogP contribution in [0.1, 0.15) is 34.1 Å². The van der Waals surface area contributed by atoms with Crippen LogP contribution in [0.2, 0.25) is 0 Å². The Morgan fingerprint density at radius 3 is 2.36 bits per heavy atom. The Morgan fingerprint density at radius 1 is 1.14 bits per heavy atom. The van der Waals surface area contributed by atoms with Crippen molar-refractivity contribution in [2.75, 3.05) is 46.2 Å². The molecule has 0 spiro atoms. The molecule has 0 aliphatic heterocycles. The van der Waals surface area contributed by atoms with Crippen molar-refractivity contribution in [3.8, 4) is 11.5 Å². The maximum atomic E-state index is 12.3. The molecular formula is C20H34N4O4. The molecule has 1 aromatic rings. The molecule has 0 aliphatic rings. The highest BCUT2D eigenvalue weighted by Gasteiger charge is 2.21. The number of nitrogens with one attached hydrogen (secondary N) is 2. The Kier molecular flexibility index (Phi) is 9.41. The van der Waals surface area contributed by atoms with E-state index in [2.05, 4.69) is 15.6 Å². The van der Waals surface area contributed by atoms with Gasteiger partial charge in [0.1, 0.15) is 5.60 Å². The Labute approximate surface area is 168 Å². The number of benzene rings is 1. The van der Waals surface area contributed by atoms with Crippen LogP contribution in [0.5, 0.6) is 11.5 Å². The summed E-state index contributed by atoms with van der Waals surface area (Å²) in [5.41, 5.74) is 0.296. The molecule has 1 rings (SSSR count). The van der Waals surface area contributed by atoms with Crippen LogP contribution in [0, 0.1) is 0 Å². The summed E-state index contributed by atoms with van der Waals surface area (Å²) in [5, 5.41) is 6.40. The lowest BCUT2D eigenvalue weighted by Gasteiger charge is -2.27. The number of hydrogen-bond acceptors (Lipinski definition) is 5. The highest BCUT2D eigenvalue weighted by Crippen LogP contribution is 2.29. The minimum absolute atomic E-state index is 0.306. The topological polar surface area (TPSA) is 84.4 Å². The van der Waals surface area contributed by atoms with Gasteiger partial charge in [0.05, 0.1) is 14.2 Å². The molecule has 0 saturated heterocycles. The number of amides is 1. The Balaban J connectivity index is 2.64. The maximum absolute atomic E-state index is 12.3. The van der Waals surface area contributed by atoms with Gasteiger partial charge in [0, 0.05) is 38.4 Å². The van der Waals surface area contributed by atoms with E-state index in [-0.39, 0.29) is 6.09 Å². The number of hydrogen-bond donors (Lipinski definition) is 2. The van der Waals surface area contributed by atoms with Gasteiger partial charge in [-0.2, -0.15) is 0 Å². The van der Waals surface area contributed by atoms with E-state index in [1.807, 2.05) is 45.9 Å². The first-order valence-electron chi connectivity index (χ1n) is 9.41. The highest BCUT2D eigenvalue weighted by atomic mass is 16.6. The van der Waals surface area contributed by atoms with Crippen molar-refractivity contribution < 1.29 is 19.0 Å². The number of carbonyl (C=O) groups is 1. The van der Waals surface area contributed by atoms with E-state index in [4.69, 9.17) is 14.2 Å². The maximum Gasteiger partial charge on any atom is 0.410 e. The number of guanidine groups is 1. The van der Waals surface area contributed by atoms with Crippen LogP contribution in [0.15, 0.2) is 23.2 Å². The monoisotopic (exact) mass is 394 g/mol. The predicted molar refractivity (Wildman–Crippen MR) is 113 cm³/mol. The summed E-state index contributed by atoms with van der Waals surface area (Å²) in [6.07, 6.45) is 0.552. The lowest BCUT2D eigenvalue weighted by atomic mass is 10.2. The Bertz CT molecular complexity index is 656. The van der Waals surface area contributed by atoms with Crippen LogP contribution < -0.4 is 20.1 Å². The van der Waals surface area contributed by atoms with E-state index in [0.29, 0.717) is 37.1 Å². The van der Waals surface area contributed by atoms with Gasteiger partial charge < -0.3 is 29.7 Å². The van der Waals surface area contributed by atoms with E-state index in [1.54, 1.807) is 26.2 Å². The molecule has 0 aromatic heterocycles. The second-order valence-electron chi connectivity index (χ2n) is 7.16. The van der Waals surface area contributed by atoms with Crippen molar-refractivity contribution >= 4 is 17.7 Å². The van der Waals surface area contributed by atoms with Gasteiger partial charge in [0.2, 0.25) is 0 Å². The highest BCUT2D eigenvalue weighted by molar-refractivity contribution is 5.93.